The quantitative estimate of drug-likeness (QED) is 0.617. The average Bonchev–Trinajstić information content (AvgIpc) is 2.25. The second-order valence-corrected chi connectivity index (χ2v) is 3.45. The Morgan fingerprint density at radius 1 is 0.875 bits per heavy atom. The fourth-order valence-corrected chi connectivity index (χ4v) is 1.54. The standard InChI is InChI=1S/C8H13F3O.2C2H6/c1-6-2-4-7(5-3-6)12-8(9,10)11;2*1-2/h6-7H,2-5H2,1H3;2*1-2H3. The third kappa shape index (κ3) is 10.3. The minimum Gasteiger partial charge on any atom is -0.289 e. The smallest absolute Gasteiger partial charge is 0.289 e. The van der Waals surface area contributed by atoms with Crippen LogP contribution in [0.15, 0.2) is 0 Å². The lowest BCUT2D eigenvalue weighted by Crippen LogP contribution is -2.27. The molecule has 1 saturated carbocycles. The molecule has 0 radical (unpaired) electrons. The summed E-state index contributed by atoms with van der Waals surface area (Å²) in [7, 11) is 0. The van der Waals surface area contributed by atoms with Gasteiger partial charge in [0.1, 0.15) is 0 Å². The van der Waals surface area contributed by atoms with Gasteiger partial charge < -0.3 is 0 Å². The maximum absolute atomic E-state index is 11.7. The molecule has 0 bridgehead atoms. The molecular weight excluding hydrogens is 217 g/mol. The molecule has 1 aliphatic carbocycles. The maximum atomic E-state index is 11.7. The first-order valence-electron chi connectivity index (χ1n) is 6.22. The zero-order valence-electron chi connectivity index (χ0n) is 11.0. The minimum atomic E-state index is -4.45. The van der Waals surface area contributed by atoms with E-state index >= 15 is 0 Å². The number of alkyl halides is 3. The molecule has 0 saturated heterocycles. The van der Waals surface area contributed by atoms with E-state index in [-0.39, 0.29) is 0 Å². The van der Waals surface area contributed by atoms with E-state index in [0.717, 1.165) is 12.8 Å². The highest BCUT2D eigenvalue weighted by atomic mass is 19.4. The predicted molar refractivity (Wildman–Crippen MR) is 61.3 cm³/mol. The molecular formula is C12H25F3O. The van der Waals surface area contributed by atoms with Crippen molar-refractivity contribution in [2.24, 2.45) is 5.92 Å². The van der Waals surface area contributed by atoms with E-state index in [2.05, 4.69) is 11.7 Å². The van der Waals surface area contributed by atoms with Crippen molar-refractivity contribution in [3.63, 3.8) is 0 Å². The van der Waals surface area contributed by atoms with Crippen molar-refractivity contribution < 1.29 is 17.9 Å². The Balaban J connectivity index is 0. The molecule has 0 heterocycles. The molecule has 0 unspecified atom stereocenters. The molecule has 1 aliphatic rings. The number of halogens is 3. The fourth-order valence-electron chi connectivity index (χ4n) is 1.54. The minimum absolute atomic E-state index is 0.542. The lowest BCUT2D eigenvalue weighted by molar-refractivity contribution is -0.345. The molecule has 1 rings (SSSR count). The summed E-state index contributed by atoms with van der Waals surface area (Å²) in [5.74, 6) is 0.554. The van der Waals surface area contributed by atoms with Gasteiger partial charge in [0.15, 0.2) is 0 Å². The zero-order chi connectivity index (χ0) is 13.2. The molecule has 0 aromatic heterocycles. The Morgan fingerprint density at radius 2 is 1.25 bits per heavy atom. The van der Waals surface area contributed by atoms with Crippen molar-refractivity contribution >= 4 is 0 Å². The predicted octanol–water partition coefficient (Wildman–Crippen LogP) is 5.15. The summed E-state index contributed by atoms with van der Waals surface area (Å²) in [6.07, 6.45) is -2.27. The molecule has 16 heavy (non-hydrogen) atoms. The summed E-state index contributed by atoms with van der Waals surface area (Å²) < 4.78 is 39.1. The third-order valence-corrected chi connectivity index (χ3v) is 2.26. The second-order valence-electron chi connectivity index (χ2n) is 3.45. The average molecular weight is 242 g/mol. The Bertz CT molecular complexity index is 138. The SMILES string of the molecule is CC.CC.CC1CCC(OC(F)(F)F)CC1. The Kier molecular flexibility index (Phi) is 11.3. The van der Waals surface area contributed by atoms with Gasteiger partial charge in [0.05, 0.1) is 6.10 Å². The lowest BCUT2D eigenvalue weighted by Gasteiger charge is -2.26. The molecule has 0 amide bonds. The van der Waals surface area contributed by atoms with Crippen molar-refractivity contribution in [2.75, 3.05) is 0 Å². The van der Waals surface area contributed by atoms with E-state index in [0.29, 0.717) is 18.8 Å². The molecule has 4 heteroatoms. The van der Waals surface area contributed by atoms with Crippen LogP contribution < -0.4 is 0 Å². The topological polar surface area (TPSA) is 9.23 Å². The van der Waals surface area contributed by atoms with Gasteiger partial charge in [-0.25, -0.2) is 0 Å². The first kappa shape index (κ1) is 18.1. The Morgan fingerprint density at radius 3 is 1.56 bits per heavy atom. The molecule has 100 valence electrons. The molecule has 0 aliphatic heterocycles. The summed E-state index contributed by atoms with van der Waals surface area (Å²) in [4.78, 5) is 0. The summed E-state index contributed by atoms with van der Waals surface area (Å²) >= 11 is 0. The van der Waals surface area contributed by atoms with E-state index in [1.807, 2.05) is 27.7 Å². The van der Waals surface area contributed by atoms with Gasteiger partial charge >= 0.3 is 6.36 Å². The molecule has 0 aromatic rings. The summed E-state index contributed by atoms with van der Waals surface area (Å²) in [6.45, 7) is 10.1. The summed E-state index contributed by atoms with van der Waals surface area (Å²) in [5, 5.41) is 0. The van der Waals surface area contributed by atoms with Gasteiger partial charge in [-0.05, 0) is 31.6 Å². The van der Waals surface area contributed by atoms with E-state index in [4.69, 9.17) is 0 Å². The highest BCUT2D eigenvalue weighted by molar-refractivity contribution is 4.70. The van der Waals surface area contributed by atoms with Gasteiger partial charge in [0.2, 0.25) is 0 Å². The number of ether oxygens (including phenoxy) is 1. The van der Waals surface area contributed by atoms with Gasteiger partial charge in [-0.2, -0.15) is 0 Å². The van der Waals surface area contributed by atoms with Crippen LogP contribution in [0, 0.1) is 5.92 Å². The molecule has 0 spiro atoms. The van der Waals surface area contributed by atoms with Crippen molar-refractivity contribution in [3.05, 3.63) is 0 Å². The Hall–Kier alpha value is -0.250. The summed E-state index contributed by atoms with van der Waals surface area (Å²) in [6, 6.07) is 0. The number of rotatable bonds is 1. The normalized spacial score (nSPS) is 24.8. The van der Waals surface area contributed by atoms with Crippen LogP contribution in [0.25, 0.3) is 0 Å². The zero-order valence-corrected chi connectivity index (χ0v) is 11.0. The fraction of sp³-hybridized carbons (Fsp3) is 1.00. The van der Waals surface area contributed by atoms with Gasteiger partial charge in [-0.15, -0.1) is 13.2 Å². The van der Waals surface area contributed by atoms with Gasteiger partial charge in [0, 0.05) is 0 Å². The van der Waals surface area contributed by atoms with Crippen LogP contribution >= 0.6 is 0 Å². The molecule has 1 nitrogen and oxygen atoms in total. The maximum Gasteiger partial charge on any atom is 0.522 e. The van der Waals surface area contributed by atoms with Gasteiger partial charge in [0.25, 0.3) is 0 Å². The van der Waals surface area contributed by atoms with Crippen molar-refractivity contribution in [3.8, 4) is 0 Å². The first-order valence-corrected chi connectivity index (χ1v) is 6.22. The largest absolute Gasteiger partial charge is 0.522 e. The first-order chi connectivity index (χ1) is 7.47. The van der Waals surface area contributed by atoms with Crippen LogP contribution in [0.5, 0.6) is 0 Å². The second kappa shape index (κ2) is 9.94. The van der Waals surface area contributed by atoms with Crippen molar-refractivity contribution in [1.82, 2.24) is 0 Å². The van der Waals surface area contributed by atoms with E-state index in [1.165, 1.54) is 0 Å². The molecule has 0 N–H and O–H groups in total. The third-order valence-electron chi connectivity index (χ3n) is 2.26. The highest BCUT2D eigenvalue weighted by Crippen LogP contribution is 2.30. The van der Waals surface area contributed by atoms with E-state index in [9.17, 15) is 13.2 Å². The van der Waals surface area contributed by atoms with E-state index < -0.39 is 12.5 Å². The number of hydrogen-bond donors (Lipinski definition) is 0. The highest BCUT2D eigenvalue weighted by Gasteiger charge is 2.34. The number of hydrogen-bond acceptors (Lipinski definition) is 1. The summed E-state index contributed by atoms with van der Waals surface area (Å²) in [5.41, 5.74) is 0. The van der Waals surface area contributed by atoms with Crippen LogP contribution in [0.2, 0.25) is 0 Å². The molecule has 1 fully saturated rings. The van der Waals surface area contributed by atoms with Crippen LogP contribution in [-0.4, -0.2) is 12.5 Å². The Labute approximate surface area is 97.4 Å². The van der Waals surface area contributed by atoms with Crippen LogP contribution in [0.3, 0.4) is 0 Å². The van der Waals surface area contributed by atoms with Crippen LogP contribution in [0.1, 0.15) is 60.3 Å². The van der Waals surface area contributed by atoms with Gasteiger partial charge in [-0.1, -0.05) is 34.6 Å². The van der Waals surface area contributed by atoms with Crippen LogP contribution in [-0.2, 0) is 4.74 Å². The van der Waals surface area contributed by atoms with Crippen molar-refractivity contribution in [2.45, 2.75) is 72.8 Å². The van der Waals surface area contributed by atoms with Crippen LogP contribution in [0.4, 0.5) is 13.2 Å². The lowest BCUT2D eigenvalue weighted by atomic mass is 9.89. The molecule has 0 atom stereocenters. The van der Waals surface area contributed by atoms with Gasteiger partial charge in [-0.3, -0.25) is 4.74 Å². The van der Waals surface area contributed by atoms with E-state index in [1.54, 1.807) is 0 Å². The monoisotopic (exact) mass is 242 g/mol. The molecule has 0 aromatic carbocycles. The van der Waals surface area contributed by atoms with Crippen molar-refractivity contribution in [1.29, 1.82) is 0 Å².